The molecule has 0 bridgehead atoms. The third-order valence-electron chi connectivity index (χ3n) is 5.84. The van der Waals surface area contributed by atoms with Crippen molar-refractivity contribution in [1.29, 1.82) is 0 Å². The first kappa shape index (κ1) is 22.9. The van der Waals surface area contributed by atoms with E-state index in [0.29, 0.717) is 42.1 Å². The SMILES string of the molecule is Cc1ccc(-c2nc3cc(C(C)C)ccc3o2)cc1NC(=S)NC(=O)c1ccc2c(c1)OCCO2. The second kappa shape index (κ2) is 9.38. The number of thiocarbonyl (C=S) groups is 1. The van der Waals surface area contributed by atoms with Crippen LogP contribution < -0.4 is 20.1 Å². The van der Waals surface area contributed by atoms with Gasteiger partial charge in [-0.1, -0.05) is 26.0 Å². The predicted octanol–water partition coefficient (Wildman–Crippen LogP) is 5.82. The lowest BCUT2D eigenvalue weighted by Crippen LogP contribution is -2.34. The topological polar surface area (TPSA) is 85.6 Å². The van der Waals surface area contributed by atoms with Crippen molar-refractivity contribution < 1.29 is 18.7 Å². The van der Waals surface area contributed by atoms with Gasteiger partial charge in [0.2, 0.25) is 5.89 Å². The van der Waals surface area contributed by atoms with Crippen LogP contribution in [-0.2, 0) is 0 Å². The standard InChI is InChI=1S/C27H25N3O4S/c1-15(2)17-6-8-22-21(12-17)28-26(34-22)19-5-4-16(3)20(13-19)29-27(35)30-25(31)18-7-9-23-24(14-18)33-11-10-32-23/h4-9,12-15H,10-11H2,1-3H3,(H2,29,30,31,35). The van der Waals surface area contributed by atoms with Crippen molar-refractivity contribution in [2.24, 2.45) is 0 Å². The highest BCUT2D eigenvalue weighted by Gasteiger charge is 2.17. The summed E-state index contributed by atoms with van der Waals surface area (Å²) in [6, 6.07) is 16.9. The summed E-state index contributed by atoms with van der Waals surface area (Å²) in [5.41, 5.74) is 5.72. The van der Waals surface area contributed by atoms with Crippen molar-refractivity contribution in [3.63, 3.8) is 0 Å². The third-order valence-corrected chi connectivity index (χ3v) is 6.05. The summed E-state index contributed by atoms with van der Waals surface area (Å²) in [6.45, 7) is 7.20. The lowest BCUT2D eigenvalue weighted by atomic mass is 10.0. The number of aryl methyl sites for hydroxylation is 1. The summed E-state index contributed by atoms with van der Waals surface area (Å²) in [5, 5.41) is 6.02. The van der Waals surface area contributed by atoms with Gasteiger partial charge in [0.15, 0.2) is 22.2 Å². The molecule has 1 amide bonds. The number of oxazole rings is 1. The Morgan fingerprint density at radius 3 is 2.60 bits per heavy atom. The van der Waals surface area contributed by atoms with E-state index in [9.17, 15) is 4.79 Å². The molecule has 1 aliphatic heterocycles. The van der Waals surface area contributed by atoms with Gasteiger partial charge in [-0.25, -0.2) is 4.98 Å². The number of carbonyl (C=O) groups excluding carboxylic acids is 1. The molecule has 1 aromatic heterocycles. The zero-order valence-corrected chi connectivity index (χ0v) is 20.5. The van der Waals surface area contributed by atoms with E-state index in [4.69, 9.17) is 26.1 Å². The second-order valence-electron chi connectivity index (χ2n) is 8.70. The molecule has 0 radical (unpaired) electrons. The number of fused-ring (bicyclic) bond motifs is 2. The maximum atomic E-state index is 12.7. The summed E-state index contributed by atoms with van der Waals surface area (Å²) in [6.07, 6.45) is 0. The maximum absolute atomic E-state index is 12.7. The summed E-state index contributed by atoms with van der Waals surface area (Å²) in [4.78, 5) is 17.4. The van der Waals surface area contributed by atoms with Crippen LogP contribution >= 0.6 is 12.2 Å². The van der Waals surface area contributed by atoms with Crippen molar-refractivity contribution in [2.45, 2.75) is 26.7 Å². The molecular weight excluding hydrogens is 462 g/mol. The van der Waals surface area contributed by atoms with Crippen LogP contribution in [0.3, 0.4) is 0 Å². The van der Waals surface area contributed by atoms with Crippen LogP contribution in [0.4, 0.5) is 5.69 Å². The molecule has 5 rings (SSSR count). The number of amides is 1. The summed E-state index contributed by atoms with van der Waals surface area (Å²) in [5.74, 6) is 1.77. The van der Waals surface area contributed by atoms with Gasteiger partial charge in [-0.15, -0.1) is 0 Å². The zero-order valence-electron chi connectivity index (χ0n) is 19.7. The van der Waals surface area contributed by atoms with Gasteiger partial charge in [0.1, 0.15) is 18.7 Å². The van der Waals surface area contributed by atoms with Crippen LogP contribution in [0, 0.1) is 6.92 Å². The minimum atomic E-state index is -0.340. The van der Waals surface area contributed by atoms with Crippen molar-refractivity contribution in [1.82, 2.24) is 10.3 Å². The molecule has 0 aliphatic carbocycles. The Kier molecular flexibility index (Phi) is 6.13. The highest BCUT2D eigenvalue weighted by Crippen LogP contribution is 2.31. The number of hydrogen-bond donors (Lipinski definition) is 2. The molecule has 0 unspecified atom stereocenters. The van der Waals surface area contributed by atoms with Crippen LogP contribution in [0.2, 0.25) is 0 Å². The van der Waals surface area contributed by atoms with E-state index >= 15 is 0 Å². The van der Waals surface area contributed by atoms with E-state index in [-0.39, 0.29) is 11.0 Å². The average Bonchev–Trinajstić information content (AvgIpc) is 3.28. The molecule has 0 spiro atoms. The van der Waals surface area contributed by atoms with E-state index < -0.39 is 0 Å². The molecule has 0 fully saturated rings. The van der Waals surface area contributed by atoms with E-state index in [1.54, 1.807) is 18.2 Å². The van der Waals surface area contributed by atoms with Gasteiger partial charge in [-0.05, 0) is 78.7 Å². The number of hydrogen-bond acceptors (Lipinski definition) is 6. The quantitative estimate of drug-likeness (QED) is 0.351. The van der Waals surface area contributed by atoms with E-state index in [1.807, 2.05) is 31.2 Å². The van der Waals surface area contributed by atoms with Crippen LogP contribution in [0.25, 0.3) is 22.6 Å². The number of nitrogens with zero attached hydrogens (tertiary/aromatic N) is 1. The van der Waals surface area contributed by atoms with Crippen LogP contribution in [-0.4, -0.2) is 29.2 Å². The van der Waals surface area contributed by atoms with Gasteiger partial charge < -0.3 is 19.2 Å². The van der Waals surface area contributed by atoms with Crippen molar-refractivity contribution in [2.75, 3.05) is 18.5 Å². The Labute approximate surface area is 208 Å². The van der Waals surface area contributed by atoms with E-state index in [2.05, 4.69) is 41.6 Å². The number of benzene rings is 3. The zero-order chi connectivity index (χ0) is 24.5. The number of ether oxygens (including phenoxy) is 2. The molecule has 7 nitrogen and oxygen atoms in total. The second-order valence-corrected chi connectivity index (χ2v) is 9.11. The predicted molar refractivity (Wildman–Crippen MR) is 139 cm³/mol. The third kappa shape index (κ3) is 4.83. The minimum Gasteiger partial charge on any atom is -0.486 e. The van der Waals surface area contributed by atoms with Crippen molar-refractivity contribution in [3.05, 3.63) is 71.3 Å². The Morgan fingerprint density at radius 1 is 1.00 bits per heavy atom. The van der Waals surface area contributed by atoms with Crippen LogP contribution in [0.15, 0.2) is 59.0 Å². The number of nitrogens with one attached hydrogen (secondary N) is 2. The first-order valence-corrected chi connectivity index (χ1v) is 11.8. The lowest BCUT2D eigenvalue weighted by molar-refractivity contribution is 0.0976. The van der Waals surface area contributed by atoms with Gasteiger partial charge in [-0.3, -0.25) is 10.1 Å². The summed E-state index contributed by atoms with van der Waals surface area (Å²) < 4.78 is 17.1. The monoisotopic (exact) mass is 487 g/mol. The largest absolute Gasteiger partial charge is 0.486 e. The first-order chi connectivity index (χ1) is 16.9. The molecule has 178 valence electrons. The molecule has 2 N–H and O–H groups in total. The Hall–Kier alpha value is -3.91. The summed E-state index contributed by atoms with van der Waals surface area (Å²) in [7, 11) is 0. The molecule has 0 saturated carbocycles. The molecular formula is C27H25N3O4S. The van der Waals surface area contributed by atoms with Gasteiger partial charge in [0.25, 0.3) is 5.91 Å². The van der Waals surface area contributed by atoms with Crippen molar-refractivity contribution in [3.8, 4) is 23.0 Å². The fourth-order valence-electron chi connectivity index (χ4n) is 3.83. The average molecular weight is 488 g/mol. The molecule has 2 heterocycles. The van der Waals surface area contributed by atoms with Gasteiger partial charge in [0.05, 0.1) is 0 Å². The van der Waals surface area contributed by atoms with Gasteiger partial charge in [0, 0.05) is 16.8 Å². The highest BCUT2D eigenvalue weighted by molar-refractivity contribution is 7.80. The molecule has 8 heteroatoms. The smallest absolute Gasteiger partial charge is 0.257 e. The van der Waals surface area contributed by atoms with Crippen LogP contribution in [0.5, 0.6) is 11.5 Å². The molecule has 4 aromatic rings. The molecule has 3 aromatic carbocycles. The van der Waals surface area contributed by atoms with E-state index in [1.165, 1.54) is 5.56 Å². The molecule has 0 saturated heterocycles. The Balaban J connectivity index is 1.32. The maximum Gasteiger partial charge on any atom is 0.257 e. The first-order valence-electron chi connectivity index (χ1n) is 11.4. The molecule has 35 heavy (non-hydrogen) atoms. The number of aromatic nitrogens is 1. The molecule has 1 aliphatic rings. The molecule has 0 atom stereocenters. The number of anilines is 1. The summed E-state index contributed by atoms with van der Waals surface area (Å²) >= 11 is 5.41. The fraction of sp³-hybridized carbons (Fsp3) is 0.222. The van der Waals surface area contributed by atoms with Gasteiger partial charge in [-0.2, -0.15) is 0 Å². The van der Waals surface area contributed by atoms with Crippen LogP contribution in [0.1, 0.15) is 41.3 Å². The lowest BCUT2D eigenvalue weighted by Gasteiger charge is -2.19. The fourth-order valence-corrected chi connectivity index (χ4v) is 4.03. The normalized spacial score (nSPS) is 12.6. The highest BCUT2D eigenvalue weighted by atomic mass is 32.1. The van der Waals surface area contributed by atoms with E-state index in [0.717, 1.165) is 27.9 Å². The Bertz CT molecular complexity index is 1440. The Morgan fingerprint density at radius 2 is 1.80 bits per heavy atom. The number of carbonyl (C=O) groups is 1. The number of rotatable bonds is 4. The van der Waals surface area contributed by atoms with Crippen molar-refractivity contribution >= 4 is 40.0 Å². The minimum absolute atomic E-state index is 0.185. The van der Waals surface area contributed by atoms with Gasteiger partial charge >= 0.3 is 0 Å².